The molecule has 1 amide bonds. The van der Waals surface area contributed by atoms with Gasteiger partial charge in [-0.1, -0.05) is 13.8 Å². The maximum atomic E-state index is 12.5. The minimum atomic E-state index is -0.297. The molecule has 1 unspecified atom stereocenters. The van der Waals surface area contributed by atoms with Gasteiger partial charge < -0.3 is 15.4 Å². The fraction of sp³-hybridized carbons (Fsp3) is 0.929. The van der Waals surface area contributed by atoms with Crippen molar-refractivity contribution in [3.8, 4) is 0 Å². The molecule has 0 spiro atoms. The van der Waals surface area contributed by atoms with E-state index in [1.807, 2.05) is 20.8 Å². The van der Waals surface area contributed by atoms with Crippen molar-refractivity contribution < 1.29 is 9.53 Å². The third-order valence-electron chi connectivity index (χ3n) is 3.96. The summed E-state index contributed by atoms with van der Waals surface area (Å²) in [5.41, 5.74) is -0.545. The summed E-state index contributed by atoms with van der Waals surface area (Å²) in [5.74, 6) is 0.512. The van der Waals surface area contributed by atoms with Crippen molar-refractivity contribution in [2.75, 3.05) is 26.2 Å². The minimum absolute atomic E-state index is 0.162. The number of carbonyl (C=O) groups is 1. The van der Waals surface area contributed by atoms with Crippen LogP contribution in [0.4, 0.5) is 0 Å². The minimum Gasteiger partial charge on any atom is -0.374 e. The van der Waals surface area contributed by atoms with Crippen LogP contribution < -0.4 is 10.6 Å². The van der Waals surface area contributed by atoms with Gasteiger partial charge in [0.1, 0.15) is 0 Å². The lowest BCUT2D eigenvalue weighted by atomic mass is 9.75. The first-order chi connectivity index (χ1) is 8.34. The van der Waals surface area contributed by atoms with Crippen LogP contribution in [-0.2, 0) is 9.53 Å². The Morgan fingerprint density at radius 3 is 2.61 bits per heavy atom. The second-order valence-corrected chi connectivity index (χ2v) is 6.11. The first kappa shape index (κ1) is 15.4. The van der Waals surface area contributed by atoms with Gasteiger partial charge in [0, 0.05) is 19.7 Å². The second-order valence-electron chi connectivity index (χ2n) is 6.11. The van der Waals surface area contributed by atoms with E-state index in [2.05, 4.69) is 24.5 Å². The smallest absolute Gasteiger partial charge is 0.227 e. The van der Waals surface area contributed by atoms with E-state index in [1.54, 1.807) is 0 Å². The summed E-state index contributed by atoms with van der Waals surface area (Å²) in [7, 11) is 0. The van der Waals surface area contributed by atoms with Crippen LogP contribution in [0.3, 0.4) is 0 Å². The molecule has 0 saturated carbocycles. The predicted octanol–water partition coefficient (Wildman–Crippen LogP) is 1.55. The largest absolute Gasteiger partial charge is 0.374 e. The maximum absolute atomic E-state index is 12.5. The number of amides is 1. The lowest BCUT2D eigenvalue weighted by Crippen LogP contribution is -2.50. The van der Waals surface area contributed by atoms with Crippen molar-refractivity contribution in [1.29, 1.82) is 0 Å². The van der Waals surface area contributed by atoms with E-state index in [-0.39, 0.29) is 16.9 Å². The van der Waals surface area contributed by atoms with Crippen LogP contribution in [0.1, 0.15) is 41.0 Å². The highest BCUT2D eigenvalue weighted by molar-refractivity contribution is 5.83. The molecular weight excluding hydrogens is 228 g/mol. The molecule has 0 radical (unpaired) electrons. The molecule has 1 rings (SSSR count). The Kier molecular flexibility index (Phi) is 5.17. The summed E-state index contributed by atoms with van der Waals surface area (Å²) in [4.78, 5) is 12.5. The summed E-state index contributed by atoms with van der Waals surface area (Å²) < 4.78 is 5.61. The lowest BCUT2D eigenvalue weighted by Gasteiger charge is -2.33. The van der Waals surface area contributed by atoms with Crippen LogP contribution in [0, 0.1) is 11.3 Å². The summed E-state index contributed by atoms with van der Waals surface area (Å²) in [5, 5.41) is 6.37. The van der Waals surface area contributed by atoms with Crippen LogP contribution in [0.15, 0.2) is 0 Å². The summed E-state index contributed by atoms with van der Waals surface area (Å²) in [6.07, 6.45) is 0.922. The molecule has 0 aromatic rings. The SMILES string of the molecule is CCOC(C)(C)CNC(=O)C1(C(C)C)CCNC1. The number of ether oxygens (including phenoxy) is 1. The molecule has 18 heavy (non-hydrogen) atoms. The molecule has 1 aliphatic heterocycles. The van der Waals surface area contributed by atoms with E-state index in [1.165, 1.54) is 0 Å². The van der Waals surface area contributed by atoms with E-state index in [9.17, 15) is 4.79 Å². The molecule has 1 aliphatic rings. The second kappa shape index (κ2) is 6.02. The van der Waals surface area contributed by atoms with Gasteiger partial charge in [0.05, 0.1) is 11.0 Å². The van der Waals surface area contributed by atoms with Gasteiger partial charge in [-0.25, -0.2) is 0 Å². The van der Waals surface area contributed by atoms with Gasteiger partial charge in [0.25, 0.3) is 0 Å². The van der Waals surface area contributed by atoms with E-state index in [0.717, 1.165) is 19.5 Å². The van der Waals surface area contributed by atoms with Gasteiger partial charge in [0.15, 0.2) is 0 Å². The average Bonchev–Trinajstić information content (AvgIpc) is 2.76. The zero-order valence-corrected chi connectivity index (χ0v) is 12.4. The molecule has 106 valence electrons. The fourth-order valence-corrected chi connectivity index (χ4v) is 2.57. The number of rotatable bonds is 6. The Morgan fingerprint density at radius 2 is 2.17 bits per heavy atom. The van der Waals surface area contributed by atoms with Crippen molar-refractivity contribution in [1.82, 2.24) is 10.6 Å². The number of nitrogens with one attached hydrogen (secondary N) is 2. The van der Waals surface area contributed by atoms with E-state index in [4.69, 9.17) is 4.74 Å². The predicted molar refractivity (Wildman–Crippen MR) is 73.5 cm³/mol. The van der Waals surface area contributed by atoms with Crippen molar-refractivity contribution in [2.24, 2.45) is 11.3 Å². The van der Waals surface area contributed by atoms with Crippen molar-refractivity contribution in [3.05, 3.63) is 0 Å². The topological polar surface area (TPSA) is 50.4 Å². The molecule has 0 aromatic carbocycles. The standard InChI is InChI=1S/C14H28N2O2/c1-6-18-13(4,5)9-16-12(17)14(11(2)3)7-8-15-10-14/h11,15H,6-10H2,1-5H3,(H,16,17). The van der Waals surface area contributed by atoms with Crippen LogP contribution in [0.2, 0.25) is 0 Å². The Bertz CT molecular complexity index is 282. The molecule has 1 heterocycles. The quantitative estimate of drug-likeness (QED) is 0.758. The third kappa shape index (κ3) is 3.45. The molecule has 1 atom stereocenters. The normalized spacial score (nSPS) is 24.6. The monoisotopic (exact) mass is 256 g/mol. The van der Waals surface area contributed by atoms with E-state index in [0.29, 0.717) is 19.1 Å². The lowest BCUT2D eigenvalue weighted by molar-refractivity contribution is -0.134. The highest BCUT2D eigenvalue weighted by atomic mass is 16.5. The molecule has 0 aromatic heterocycles. The molecular formula is C14H28N2O2. The van der Waals surface area contributed by atoms with Gasteiger partial charge in [-0.15, -0.1) is 0 Å². The summed E-state index contributed by atoms with van der Waals surface area (Å²) >= 11 is 0. The molecule has 1 saturated heterocycles. The van der Waals surface area contributed by atoms with Crippen molar-refractivity contribution >= 4 is 5.91 Å². The van der Waals surface area contributed by atoms with Crippen LogP contribution in [0.25, 0.3) is 0 Å². The average molecular weight is 256 g/mol. The molecule has 1 fully saturated rings. The van der Waals surface area contributed by atoms with Gasteiger partial charge >= 0.3 is 0 Å². The van der Waals surface area contributed by atoms with Crippen molar-refractivity contribution in [3.63, 3.8) is 0 Å². The zero-order chi connectivity index (χ0) is 13.8. The summed E-state index contributed by atoms with van der Waals surface area (Å²) in [6, 6.07) is 0. The van der Waals surface area contributed by atoms with Gasteiger partial charge in [-0.3, -0.25) is 4.79 Å². The summed E-state index contributed by atoms with van der Waals surface area (Å²) in [6.45, 7) is 13.2. The molecule has 0 aliphatic carbocycles. The molecule has 4 nitrogen and oxygen atoms in total. The highest BCUT2D eigenvalue weighted by Crippen LogP contribution is 2.34. The molecule has 0 bridgehead atoms. The van der Waals surface area contributed by atoms with E-state index < -0.39 is 0 Å². The van der Waals surface area contributed by atoms with Gasteiger partial charge in [0.2, 0.25) is 5.91 Å². The van der Waals surface area contributed by atoms with Gasteiger partial charge in [-0.05, 0) is 39.7 Å². The maximum Gasteiger partial charge on any atom is 0.227 e. The first-order valence-electron chi connectivity index (χ1n) is 6.97. The van der Waals surface area contributed by atoms with Crippen LogP contribution >= 0.6 is 0 Å². The molecule has 4 heteroatoms. The third-order valence-corrected chi connectivity index (χ3v) is 3.96. The van der Waals surface area contributed by atoms with Crippen LogP contribution in [0.5, 0.6) is 0 Å². The van der Waals surface area contributed by atoms with Crippen molar-refractivity contribution in [2.45, 2.75) is 46.6 Å². The number of carbonyl (C=O) groups excluding carboxylic acids is 1. The highest BCUT2D eigenvalue weighted by Gasteiger charge is 2.44. The Hall–Kier alpha value is -0.610. The van der Waals surface area contributed by atoms with E-state index >= 15 is 0 Å². The fourth-order valence-electron chi connectivity index (χ4n) is 2.57. The number of hydrogen-bond acceptors (Lipinski definition) is 3. The Labute approximate surface area is 111 Å². The first-order valence-corrected chi connectivity index (χ1v) is 6.97. The molecule has 2 N–H and O–H groups in total. The Balaban J connectivity index is 2.58. The zero-order valence-electron chi connectivity index (χ0n) is 12.4. The van der Waals surface area contributed by atoms with Gasteiger partial charge in [-0.2, -0.15) is 0 Å². The van der Waals surface area contributed by atoms with Crippen LogP contribution in [-0.4, -0.2) is 37.7 Å². The number of hydrogen-bond donors (Lipinski definition) is 2. The Morgan fingerprint density at radius 1 is 1.50 bits per heavy atom.